The maximum Gasteiger partial charge on any atom is 0.160 e. The van der Waals surface area contributed by atoms with Gasteiger partial charge < -0.3 is 4.57 Å². The third-order valence-corrected chi connectivity index (χ3v) is 4.29. The standard InChI is InChI=1S/C15H12Br2ClN3/c1-9(18)14-20-13-6-12(17)7-19-15(13)21(14)8-10-3-2-4-11(16)5-10/h2-7,9H,8H2,1H3. The van der Waals surface area contributed by atoms with Gasteiger partial charge in [-0.2, -0.15) is 0 Å². The number of imidazole rings is 1. The van der Waals surface area contributed by atoms with Crippen LogP contribution in [0, 0.1) is 0 Å². The number of hydrogen-bond acceptors (Lipinski definition) is 2. The molecule has 6 heteroatoms. The van der Waals surface area contributed by atoms with E-state index in [1.54, 1.807) is 6.20 Å². The molecule has 2 aromatic heterocycles. The summed E-state index contributed by atoms with van der Waals surface area (Å²) in [7, 11) is 0. The zero-order valence-electron chi connectivity index (χ0n) is 11.2. The van der Waals surface area contributed by atoms with Gasteiger partial charge in [-0.1, -0.05) is 28.1 Å². The van der Waals surface area contributed by atoms with E-state index >= 15 is 0 Å². The molecule has 0 fully saturated rings. The summed E-state index contributed by atoms with van der Waals surface area (Å²) in [5.74, 6) is 0.831. The molecule has 0 saturated carbocycles. The van der Waals surface area contributed by atoms with Crippen molar-refractivity contribution in [3.63, 3.8) is 0 Å². The number of fused-ring (bicyclic) bond motifs is 1. The van der Waals surface area contributed by atoms with E-state index in [2.05, 4.69) is 58.5 Å². The van der Waals surface area contributed by atoms with E-state index in [9.17, 15) is 0 Å². The topological polar surface area (TPSA) is 30.7 Å². The summed E-state index contributed by atoms with van der Waals surface area (Å²) in [6, 6.07) is 10.2. The molecule has 1 atom stereocenters. The number of rotatable bonds is 3. The van der Waals surface area contributed by atoms with Crippen LogP contribution in [-0.2, 0) is 6.54 Å². The van der Waals surface area contributed by atoms with Crippen LogP contribution in [-0.4, -0.2) is 14.5 Å². The lowest BCUT2D eigenvalue weighted by atomic mass is 10.2. The molecule has 0 N–H and O–H groups in total. The Labute approximate surface area is 144 Å². The van der Waals surface area contributed by atoms with Gasteiger partial charge in [-0.3, -0.25) is 0 Å². The van der Waals surface area contributed by atoms with Crippen molar-refractivity contribution < 1.29 is 0 Å². The number of nitrogens with zero attached hydrogens (tertiary/aromatic N) is 3. The Balaban J connectivity index is 2.13. The molecule has 0 aliphatic rings. The molecule has 21 heavy (non-hydrogen) atoms. The molecule has 3 nitrogen and oxygen atoms in total. The van der Waals surface area contributed by atoms with Crippen LogP contribution in [0.4, 0.5) is 0 Å². The zero-order chi connectivity index (χ0) is 15.0. The average Bonchev–Trinajstić information content (AvgIpc) is 2.77. The SMILES string of the molecule is CC(Cl)c1nc2cc(Br)cnc2n1Cc1cccc(Br)c1. The fourth-order valence-corrected chi connectivity index (χ4v) is 3.21. The second-order valence-corrected chi connectivity index (χ2v) is 7.28. The lowest BCUT2D eigenvalue weighted by molar-refractivity contribution is 0.736. The van der Waals surface area contributed by atoms with Gasteiger partial charge in [-0.25, -0.2) is 9.97 Å². The van der Waals surface area contributed by atoms with Crippen LogP contribution < -0.4 is 0 Å². The summed E-state index contributed by atoms with van der Waals surface area (Å²) < 4.78 is 4.04. The Morgan fingerprint density at radius 1 is 1.24 bits per heavy atom. The molecule has 0 saturated heterocycles. The Hall–Kier alpha value is -0.910. The lowest BCUT2D eigenvalue weighted by Gasteiger charge is -2.10. The first-order valence-electron chi connectivity index (χ1n) is 6.45. The average molecular weight is 430 g/mol. The first-order valence-corrected chi connectivity index (χ1v) is 8.47. The molecule has 0 spiro atoms. The van der Waals surface area contributed by atoms with Gasteiger partial charge in [-0.15, -0.1) is 11.6 Å². The molecular weight excluding hydrogens is 417 g/mol. The summed E-state index contributed by atoms with van der Waals surface area (Å²) in [6.07, 6.45) is 1.78. The van der Waals surface area contributed by atoms with Crippen molar-refractivity contribution in [2.45, 2.75) is 18.8 Å². The van der Waals surface area contributed by atoms with Crippen LogP contribution >= 0.6 is 43.5 Å². The van der Waals surface area contributed by atoms with Crippen LogP contribution in [0.3, 0.4) is 0 Å². The molecule has 108 valence electrons. The number of pyridine rings is 1. The first-order chi connectivity index (χ1) is 10.0. The van der Waals surface area contributed by atoms with Crippen molar-refractivity contribution in [2.75, 3.05) is 0 Å². The van der Waals surface area contributed by atoms with Crippen LogP contribution in [0.5, 0.6) is 0 Å². The summed E-state index contributed by atoms with van der Waals surface area (Å²) >= 11 is 13.2. The molecule has 1 aromatic carbocycles. The maximum atomic E-state index is 6.28. The minimum Gasteiger partial charge on any atom is -0.307 e. The fourth-order valence-electron chi connectivity index (χ4n) is 2.28. The number of halogens is 3. The predicted molar refractivity (Wildman–Crippen MR) is 92.7 cm³/mol. The zero-order valence-corrected chi connectivity index (χ0v) is 15.2. The van der Waals surface area contributed by atoms with Crippen LogP contribution in [0.1, 0.15) is 23.7 Å². The fraction of sp³-hybridized carbons (Fsp3) is 0.200. The highest BCUT2D eigenvalue weighted by Crippen LogP contribution is 2.26. The molecule has 0 aliphatic carbocycles. The molecule has 3 aromatic rings. The van der Waals surface area contributed by atoms with Gasteiger partial charge in [0.15, 0.2) is 5.65 Å². The number of aromatic nitrogens is 3. The van der Waals surface area contributed by atoms with Crippen molar-refractivity contribution in [3.05, 3.63) is 56.9 Å². The number of benzene rings is 1. The Kier molecular flexibility index (Phi) is 4.33. The first kappa shape index (κ1) is 15.0. The molecule has 0 bridgehead atoms. The Morgan fingerprint density at radius 3 is 2.76 bits per heavy atom. The Bertz CT molecular complexity index is 799. The smallest absolute Gasteiger partial charge is 0.160 e. The quantitative estimate of drug-likeness (QED) is 0.529. The molecular formula is C15H12Br2ClN3. The van der Waals surface area contributed by atoms with Gasteiger partial charge >= 0.3 is 0 Å². The third-order valence-electron chi connectivity index (χ3n) is 3.17. The number of alkyl halides is 1. The molecule has 0 radical (unpaired) electrons. The van der Waals surface area contributed by atoms with Gasteiger partial charge in [0.05, 0.1) is 11.9 Å². The highest BCUT2D eigenvalue weighted by molar-refractivity contribution is 9.10. The normalized spacial score (nSPS) is 12.8. The van der Waals surface area contributed by atoms with Crippen LogP contribution in [0.25, 0.3) is 11.2 Å². The van der Waals surface area contributed by atoms with Crippen LogP contribution in [0.2, 0.25) is 0 Å². The van der Waals surface area contributed by atoms with Gasteiger partial charge in [-0.05, 0) is 46.6 Å². The molecule has 0 aliphatic heterocycles. The van der Waals surface area contributed by atoms with E-state index in [0.29, 0.717) is 6.54 Å². The molecule has 1 unspecified atom stereocenters. The van der Waals surface area contributed by atoms with Crippen molar-refractivity contribution in [1.29, 1.82) is 0 Å². The largest absolute Gasteiger partial charge is 0.307 e. The second-order valence-electron chi connectivity index (χ2n) is 4.80. The van der Waals surface area contributed by atoms with Gasteiger partial charge in [0.2, 0.25) is 0 Å². The number of hydrogen-bond donors (Lipinski definition) is 0. The van der Waals surface area contributed by atoms with E-state index in [1.165, 1.54) is 5.56 Å². The van der Waals surface area contributed by atoms with E-state index in [0.717, 1.165) is 25.9 Å². The summed E-state index contributed by atoms with van der Waals surface area (Å²) in [5.41, 5.74) is 2.87. The second kappa shape index (κ2) is 6.07. The summed E-state index contributed by atoms with van der Waals surface area (Å²) in [5, 5.41) is -0.176. The van der Waals surface area contributed by atoms with Crippen LogP contribution in [0.15, 0.2) is 45.5 Å². The lowest BCUT2D eigenvalue weighted by Crippen LogP contribution is -2.06. The summed E-state index contributed by atoms with van der Waals surface area (Å²) in [6.45, 7) is 2.62. The summed E-state index contributed by atoms with van der Waals surface area (Å²) in [4.78, 5) is 9.10. The van der Waals surface area contributed by atoms with E-state index < -0.39 is 0 Å². The van der Waals surface area contributed by atoms with Gasteiger partial charge in [0, 0.05) is 15.1 Å². The minimum absolute atomic E-state index is 0.176. The highest BCUT2D eigenvalue weighted by atomic mass is 79.9. The molecule has 3 rings (SSSR count). The van der Waals surface area contributed by atoms with Crippen molar-refractivity contribution in [2.24, 2.45) is 0 Å². The molecule has 2 heterocycles. The predicted octanol–water partition coefficient (Wildman–Crippen LogP) is 5.30. The van der Waals surface area contributed by atoms with E-state index in [1.807, 2.05) is 25.1 Å². The Morgan fingerprint density at radius 2 is 2.05 bits per heavy atom. The van der Waals surface area contributed by atoms with Crippen molar-refractivity contribution in [1.82, 2.24) is 14.5 Å². The monoisotopic (exact) mass is 427 g/mol. The highest BCUT2D eigenvalue weighted by Gasteiger charge is 2.16. The van der Waals surface area contributed by atoms with Crippen molar-refractivity contribution in [3.8, 4) is 0 Å². The van der Waals surface area contributed by atoms with E-state index in [-0.39, 0.29) is 5.38 Å². The third kappa shape index (κ3) is 3.15. The van der Waals surface area contributed by atoms with Crippen molar-refractivity contribution >= 4 is 54.6 Å². The van der Waals surface area contributed by atoms with E-state index in [4.69, 9.17) is 11.6 Å². The van der Waals surface area contributed by atoms with Gasteiger partial charge in [0.1, 0.15) is 11.3 Å². The molecule has 0 amide bonds. The van der Waals surface area contributed by atoms with Gasteiger partial charge in [0.25, 0.3) is 0 Å². The maximum absolute atomic E-state index is 6.28. The minimum atomic E-state index is -0.176.